The SMILES string of the molecule is CC1=CCC2=C1CCCCC2. The first kappa shape index (κ1) is 7.15. The molecule has 0 aromatic heterocycles. The van der Waals surface area contributed by atoms with E-state index >= 15 is 0 Å². The van der Waals surface area contributed by atoms with Gasteiger partial charge in [0.2, 0.25) is 0 Å². The molecule has 0 atom stereocenters. The highest BCUT2D eigenvalue weighted by Gasteiger charge is 2.15. The molecule has 0 fully saturated rings. The molecule has 0 aromatic rings. The summed E-state index contributed by atoms with van der Waals surface area (Å²) >= 11 is 0. The maximum Gasteiger partial charge on any atom is -0.0127 e. The third kappa shape index (κ3) is 1.26. The van der Waals surface area contributed by atoms with Crippen LogP contribution in [0.3, 0.4) is 0 Å². The predicted molar refractivity (Wildman–Crippen MR) is 48.5 cm³/mol. The van der Waals surface area contributed by atoms with Gasteiger partial charge in [0.15, 0.2) is 0 Å². The molecule has 0 aromatic carbocycles. The van der Waals surface area contributed by atoms with E-state index < -0.39 is 0 Å². The van der Waals surface area contributed by atoms with Crippen molar-refractivity contribution in [1.29, 1.82) is 0 Å². The molecule has 11 heavy (non-hydrogen) atoms. The topological polar surface area (TPSA) is 0 Å². The third-order valence-electron chi connectivity index (χ3n) is 2.96. The zero-order valence-corrected chi connectivity index (χ0v) is 7.32. The van der Waals surface area contributed by atoms with Crippen LogP contribution >= 0.6 is 0 Å². The molecule has 2 aliphatic carbocycles. The van der Waals surface area contributed by atoms with Gasteiger partial charge in [0.05, 0.1) is 0 Å². The fourth-order valence-corrected chi connectivity index (χ4v) is 2.25. The highest BCUT2D eigenvalue weighted by atomic mass is 14.2. The summed E-state index contributed by atoms with van der Waals surface area (Å²) in [4.78, 5) is 0. The van der Waals surface area contributed by atoms with Crippen LogP contribution in [0.5, 0.6) is 0 Å². The first-order valence-electron chi connectivity index (χ1n) is 4.76. The second kappa shape index (κ2) is 2.84. The zero-order valence-electron chi connectivity index (χ0n) is 7.32. The minimum Gasteiger partial charge on any atom is -0.0772 e. The summed E-state index contributed by atoms with van der Waals surface area (Å²) in [6.45, 7) is 2.27. The van der Waals surface area contributed by atoms with Gasteiger partial charge in [-0.25, -0.2) is 0 Å². The van der Waals surface area contributed by atoms with Crippen molar-refractivity contribution in [3.63, 3.8) is 0 Å². The van der Waals surface area contributed by atoms with E-state index in [1.807, 2.05) is 0 Å². The van der Waals surface area contributed by atoms with Crippen molar-refractivity contribution in [2.24, 2.45) is 0 Å². The molecular weight excluding hydrogens is 132 g/mol. The fraction of sp³-hybridized carbons (Fsp3) is 0.636. The Bertz CT molecular complexity index is 218. The Labute approximate surface area is 69.0 Å². The summed E-state index contributed by atoms with van der Waals surface area (Å²) in [6.07, 6.45) is 10.7. The molecule has 0 heterocycles. The van der Waals surface area contributed by atoms with E-state index in [0.717, 1.165) is 0 Å². The minimum absolute atomic E-state index is 1.27. The monoisotopic (exact) mass is 148 g/mol. The molecule has 0 amide bonds. The van der Waals surface area contributed by atoms with Crippen molar-refractivity contribution in [2.75, 3.05) is 0 Å². The Morgan fingerprint density at radius 3 is 2.82 bits per heavy atom. The molecule has 0 heteroatoms. The Kier molecular flexibility index (Phi) is 1.85. The molecule has 0 spiro atoms. The van der Waals surface area contributed by atoms with E-state index in [9.17, 15) is 0 Å². The van der Waals surface area contributed by atoms with Crippen LogP contribution in [0.25, 0.3) is 0 Å². The van der Waals surface area contributed by atoms with Crippen LogP contribution < -0.4 is 0 Å². The van der Waals surface area contributed by atoms with Crippen molar-refractivity contribution < 1.29 is 0 Å². The van der Waals surface area contributed by atoms with Crippen molar-refractivity contribution in [2.45, 2.75) is 45.4 Å². The Hall–Kier alpha value is -0.520. The first-order valence-corrected chi connectivity index (χ1v) is 4.76. The summed E-state index contributed by atoms with van der Waals surface area (Å²) in [5.41, 5.74) is 5.03. The molecule has 0 aliphatic heterocycles. The molecule has 2 rings (SSSR count). The van der Waals surface area contributed by atoms with Crippen LogP contribution in [-0.4, -0.2) is 0 Å². The van der Waals surface area contributed by atoms with Crippen molar-refractivity contribution in [1.82, 2.24) is 0 Å². The van der Waals surface area contributed by atoms with Gasteiger partial charge < -0.3 is 0 Å². The smallest absolute Gasteiger partial charge is 0.0127 e. The number of hydrogen-bond donors (Lipinski definition) is 0. The molecule has 0 radical (unpaired) electrons. The maximum atomic E-state index is 2.40. The first-order chi connectivity index (χ1) is 5.38. The number of hydrogen-bond acceptors (Lipinski definition) is 0. The summed E-state index contributed by atoms with van der Waals surface area (Å²) < 4.78 is 0. The van der Waals surface area contributed by atoms with Gasteiger partial charge in [-0.3, -0.25) is 0 Å². The van der Waals surface area contributed by atoms with Gasteiger partial charge in [-0.2, -0.15) is 0 Å². The van der Waals surface area contributed by atoms with E-state index in [1.165, 1.54) is 38.5 Å². The lowest BCUT2D eigenvalue weighted by Crippen LogP contribution is -1.83. The lowest BCUT2D eigenvalue weighted by atomic mass is 10.0. The predicted octanol–water partition coefficient (Wildman–Crippen LogP) is 3.60. The fourth-order valence-electron chi connectivity index (χ4n) is 2.25. The molecule has 0 saturated carbocycles. The van der Waals surface area contributed by atoms with E-state index in [1.54, 1.807) is 16.7 Å². The molecule has 2 aliphatic rings. The van der Waals surface area contributed by atoms with Crippen LogP contribution in [-0.2, 0) is 0 Å². The molecular formula is C11H16. The molecule has 0 saturated heterocycles. The minimum atomic E-state index is 1.27. The van der Waals surface area contributed by atoms with Gasteiger partial charge in [0.1, 0.15) is 0 Å². The van der Waals surface area contributed by atoms with Crippen LogP contribution in [0.15, 0.2) is 22.8 Å². The van der Waals surface area contributed by atoms with Gasteiger partial charge in [0.25, 0.3) is 0 Å². The zero-order chi connectivity index (χ0) is 7.68. The van der Waals surface area contributed by atoms with Gasteiger partial charge in [0, 0.05) is 0 Å². The Balaban J connectivity index is 2.22. The van der Waals surface area contributed by atoms with Crippen molar-refractivity contribution in [3.05, 3.63) is 22.8 Å². The van der Waals surface area contributed by atoms with Crippen LogP contribution in [0.2, 0.25) is 0 Å². The lowest BCUT2D eigenvalue weighted by Gasteiger charge is -2.03. The highest BCUT2D eigenvalue weighted by Crippen LogP contribution is 2.35. The van der Waals surface area contributed by atoms with E-state index in [0.29, 0.717) is 0 Å². The molecule has 0 bridgehead atoms. The van der Waals surface area contributed by atoms with Gasteiger partial charge >= 0.3 is 0 Å². The molecule has 0 nitrogen and oxygen atoms in total. The van der Waals surface area contributed by atoms with Crippen molar-refractivity contribution >= 4 is 0 Å². The van der Waals surface area contributed by atoms with Crippen molar-refractivity contribution in [3.8, 4) is 0 Å². The molecule has 0 unspecified atom stereocenters. The van der Waals surface area contributed by atoms with E-state index in [-0.39, 0.29) is 0 Å². The number of allylic oxidation sites excluding steroid dienone is 4. The second-order valence-electron chi connectivity index (χ2n) is 3.73. The summed E-state index contributed by atoms with van der Waals surface area (Å²) in [5, 5.41) is 0. The standard InChI is InChI=1S/C11H16/c1-9-7-8-10-5-3-2-4-6-11(9)10/h7H,2-6,8H2,1H3. The van der Waals surface area contributed by atoms with Gasteiger partial charge in [-0.1, -0.05) is 23.6 Å². The lowest BCUT2D eigenvalue weighted by molar-refractivity contribution is 0.702. The summed E-state index contributed by atoms with van der Waals surface area (Å²) in [6, 6.07) is 0. The molecule has 60 valence electrons. The van der Waals surface area contributed by atoms with E-state index in [4.69, 9.17) is 0 Å². The van der Waals surface area contributed by atoms with Crippen LogP contribution in [0, 0.1) is 0 Å². The quantitative estimate of drug-likeness (QED) is 0.492. The average Bonchev–Trinajstić information content (AvgIpc) is 2.25. The van der Waals surface area contributed by atoms with Crippen LogP contribution in [0.4, 0.5) is 0 Å². The summed E-state index contributed by atoms with van der Waals surface area (Å²) in [7, 11) is 0. The second-order valence-corrected chi connectivity index (χ2v) is 3.73. The van der Waals surface area contributed by atoms with Gasteiger partial charge in [-0.05, 0) is 44.6 Å². The normalized spacial score (nSPS) is 24.6. The largest absolute Gasteiger partial charge is 0.0772 e. The van der Waals surface area contributed by atoms with Gasteiger partial charge in [-0.15, -0.1) is 0 Å². The summed E-state index contributed by atoms with van der Waals surface area (Å²) in [5.74, 6) is 0. The molecule has 0 N–H and O–H groups in total. The highest BCUT2D eigenvalue weighted by molar-refractivity contribution is 5.41. The maximum absolute atomic E-state index is 2.40. The van der Waals surface area contributed by atoms with Crippen LogP contribution in [0.1, 0.15) is 45.4 Å². The number of rotatable bonds is 0. The average molecular weight is 148 g/mol. The Morgan fingerprint density at radius 2 is 1.91 bits per heavy atom. The van der Waals surface area contributed by atoms with E-state index in [2.05, 4.69) is 13.0 Å². The Morgan fingerprint density at radius 1 is 1.09 bits per heavy atom. The third-order valence-corrected chi connectivity index (χ3v) is 2.96.